The first-order valence-corrected chi connectivity index (χ1v) is 5.89. The smallest absolute Gasteiger partial charge is 0.239 e. The third-order valence-corrected chi connectivity index (χ3v) is 2.94. The fourth-order valence-electron chi connectivity index (χ4n) is 2.01. The molecule has 2 N–H and O–H groups in total. The van der Waals surface area contributed by atoms with Crippen molar-refractivity contribution in [2.45, 2.75) is 19.1 Å². The van der Waals surface area contributed by atoms with E-state index in [0.29, 0.717) is 19.7 Å². The van der Waals surface area contributed by atoms with Crippen molar-refractivity contribution in [2.24, 2.45) is 5.73 Å². The Labute approximate surface area is 114 Å². The average molecular weight is 271 g/mol. The van der Waals surface area contributed by atoms with Crippen molar-refractivity contribution in [1.29, 1.82) is 0 Å². The number of nitrogens with zero attached hydrogens (tertiary/aromatic N) is 1. The Hall–Kier alpha value is -1.10. The molecule has 1 aliphatic rings. The van der Waals surface area contributed by atoms with E-state index in [0.717, 1.165) is 5.56 Å². The standard InChI is InChI=1S/C13H18N2O2.ClH/c1-10(14)13(16)15-7-8-17-12(9-15)11-5-3-2-4-6-11;/h2-6,10,12H,7-9,14H2,1H3;1H/t10-,12?;/m1./s1. The molecule has 0 aromatic heterocycles. The van der Waals surface area contributed by atoms with Crippen LogP contribution in [-0.2, 0) is 9.53 Å². The highest BCUT2D eigenvalue weighted by atomic mass is 35.5. The van der Waals surface area contributed by atoms with Crippen LogP contribution in [0.5, 0.6) is 0 Å². The highest BCUT2D eigenvalue weighted by Crippen LogP contribution is 2.22. The zero-order valence-corrected chi connectivity index (χ0v) is 11.2. The molecule has 2 atom stereocenters. The molecule has 1 aromatic rings. The van der Waals surface area contributed by atoms with Gasteiger partial charge in [-0.2, -0.15) is 0 Å². The fourth-order valence-corrected chi connectivity index (χ4v) is 2.01. The summed E-state index contributed by atoms with van der Waals surface area (Å²) in [4.78, 5) is 13.6. The van der Waals surface area contributed by atoms with Crippen molar-refractivity contribution in [2.75, 3.05) is 19.7 Å². The molecule has 1 aromatic carbocycles. The molecular weight excluding hydrogens is 252 g/mol. The first-order chi connectivity index (χ1) is 8.18. The van der Waals surface area contributed by atoms with Gasteiger partial charge in [0.15, 0.2) is 0 Å². The molecule has 18 heavy (non-hydrogen) atoms. The fraction of sp³-hybridized carbons (Fsp3) is 0.462. The lowest BCUT2D eigenvalue weighted by atomic mass is 10.1. The Kier molecular flexibility index (Phi) is 5.59. The molecule has 1 amide bonds. The SMILES string of the molecule is C[C@@H](N)C(=O)N1CCOC(c2ccccc2)C1.Cl. The first-order valence-electron chi connectivity index (χ1n) is 5.89. The van der Waals surface area contributed by atoms with E-state index >= 15 is 0 Å². The maximum absolute atomic E-state index is 11.8. The van der Waals surface area contributed by atoms with Crippen molar-refractivity contribution in [3.8, 4) is 0 Å². The van der Waals surface area contributed by atoms with Crippen LogP contribution in [0.3, 0.4) is 0 Å². The third-order valence-electron chi connectivity index (χ3n) is 2.94. The second kappa shape index (κ2) is 6.73. The lowest BCUT2D eigenvalue weighted by Gasteiger charge is -2.34. The number of morpholine rings is 1. The Morgan fingerprint density at radius 1 is 1.44 bits per heavy atom. The largest absolute Gasteiger partial charge is 0.370 e. The summed E-state index contributed by atoms with van der Waals surface area (Å²) < 4.78 is 5.69. The lowest BCUT2D eigenvalue weighted by molar-refractivity contribution is -0.140. The van der Waals surface area contributed by atoms with Gasteiger partial charge in [-0.25, -0.2) is 0 Å². The summed E-state index contributed by atoms with van der Waals surface area (Å²) in [5.41, 5.74) is 6.73. The average Bonchev–Trinajstić information content (AvgIpc) is 2.39. The maximum atomic E-state index is 11.8. The van der Waals surface area contributed by atoms with E-state index in [-0.39, 0.29) is 24.4 Å². The minimum Gasteiger partial charge on any atom is -0.370 e. The zero-order chi connectivity index (χ0) is 12.3. The van der Waals surface area contributed by atoms with Crippen LogP contribution in [0.2, 0.25) is 0 Å². The Balaban J connectivity index is 0.00000162. The number of ether oxygens (including phenoxy) is 1. The topological polar surface area (TPSA) is 55.6 Å². The number of benzene rings is 1. The van der Waals surface area contributed by atoms with Gasteiger partial charge in [0.2, 0.25) is 5.91 Å². The molecular formula is C13H19ClN2O2. The summed E-state index contributed by atoms with van der Waals surface area (Å²) in [6.45, 7) is 3.50. The van der Waals surface area contributed by atoms with Crippen molar-refractivity contribution >= 4 is 18.3 Å². The van der Waals surface area contributed by atoms with Crippen molar-refractivity contribution in [3.63, 3.8) is 0 Å². The summed E-state index contributed by atoms with van der Waals surface area (Å²) in [6, 6.07) is 9.52. The van der Waals surface area contributed by atoms with E-state index in [4.69, 9.17) is 10.5 Å². The number of carbonyl (C=O) groups excluding carboxylic acids is 1. The summed E-state index contributed by atoms with van der Waals surface area (Å²) in [6.07, 6.45) is -0.0346. The monoisotopic (exact) mass is 270 g/mol. The van der Waals surface area contributed by atoms with E-state index in [9.17, 15) is 4.79 Å². The van der Waals surface area contributed by atoms with Gasteiger partial charge in [-0.1, -0.05) is 30.3 Å². The van der Waals surface area contributed by atoms with Crippen LogP contribution < -0.4 is 5.73 Å². The number of amides is 1. The Bertz CT molecular complexity index is 384. The number of hydrogen-bond acceptors (Lipinski definition) is 3. The number of carbonyl (C=O) groups is 1. The highest BCUT2D eigenvalue weighted by Gasteiger charge is 2.26. The molecule has 1 fully saturated rings. The van der Waals surface area contributed by atoms with Gasteiger partial charge < -0.3 is 15.4 Å². The molecule has 0 saturated carbocycles. The molecule has 1 aliphatic heterocycles. The second-order valence-electron chi connectivity index (χ2n) is 4.34. The quantitative estimate of drug-likeness (QED) is 0.883. The maximum Gasteiger partial charge on any atom is 0.239 e. The summed E-state index contributed by atoms with van der Waals surface area (Å²) in [5, 5.41) is 0. The van der Waals surface area contributed by atoms with Crippen LogP contribution in [0.4, 0.5) is 0 Å². The van der Waals surface area contributed by atoms with Crippen LogP contribution in [0, 0.1) is 0 Å². The van der Waals surface area contributed by atoms with E-state index in [2.05, 4.69) is 0 Å². The zero-order valence-electron chi connectivity index (χ0n) is 10.4. The van der Waals surface area contributed by atoms with E-state index in [1.165, 1.54) is 0 Å². The van der Waals surface area contributed by atoms with E-state index in [1.807, 2.05) is 30.3 Å². The molecule has 2 rings (SSSR count). The van der Waals surface area contributed by atoms with Crippen LogP contribution in [0.25, 0.3) is 0 Å². The van der Waals surface area contributed by atoms with Crippen LogP contribution in [-0.4, -0.2) is 36.5 Å². The number of halogens is 1. The minimum atomic E-state index is -0.440. The van der Waals surface area contributed by atoms with Gasteiger partial charge >= 0.3 is 0 Å². The second-order valence-corrected chi connectivity index (χ2v) is 4.34. The molecule has 0 spiro atoms. The van der Waals surface area contributed by atoms with Gasteiger partial charge in [-0.3, -0.25) is 4.79 Å². The molecule has 0 aliphatic carbocycles. The molecule has 0 radical (unpaired) electrons. The van der Waals surface area contributed by atoms with Crippen LogP contribution in [0.15, 0.2) is 30.3 Å². The molecule has 0 bridgehead atoms. The van der Waals surface area contributed by atoms with Gasteiger partial charge in [0.1, 0.15) is 6.10 Å². The van der Waals surface area contributed by atoms with Crippen molar-refractivity contribution in [3.05, 3.63) is 35.9 Å². The van der Waals surface area contributed by atoms with Gasteiger partial charge in [0.25, 0.3) is 0 Å². The van der Waals surface area contributed by atoms with Crippen molar-refractivity contribution < 1.29 is 9.53 Å². The summed E-state index contributed by atoms with van der Waals surface area (Å²) in [5.74, 6) is -0.00534. The number of hydrogen-bond donors (Lipinski definition) is 1. The van der Waals surface area contributed by atoms with Crippen molar-refractivity contribution in [1.82, 2.24) is 4.90 Å². The molecule has 4 nitrogen and oxygen atoms in total. The third kappa shape index (κ3) is 3.45. The predicted molar refractivity (Wildman–Crippen MR) is 72.6 cm³/mol. The van der Waals surface area contributed by atoms with E-state index in [1.54, 1.807) is 11.8 Å². The summed E-state index contributed by atoms with van der Waals surface area (Å²) >= 11 is 0. The van der Waals surface area contributed by atoms with Gasteiger partial charge in [-0.05, 0) is 12.5 Å². The molecule has 1 saturated heterocycles. The lowest BCUT2D eigenvalue weighted by Crippen LogP contribution is -2.48. The normalized spacial score (nSPS) is 21.0. The first kappa shape index (κ1) is 15.0. The van der Waals surface area contributed by atoms with Gasteiger partial charge in [0, 0.05) is 6.54 Å². The van der Waals surface area contributed by atoms with Gasteiger partial charge in [-0.15, -0.1) is 12.4 Å². The number of nitrogens with two attached hydrogens (primary N) is 1. The van der Waals surface area contributed by atoms with Crippen LogP contribution >= 0.6 is 12.4 Å². The summed E-state index contributed by atoms with van der Waals surface area (Å²) in [7, 11) is 0. The van der Waals surface area contributed by atoms with Crippen LogP contribution in [0.1, 0.15) is 18.6 Å². The predicted octanol–water partition coefficient (Wildman–Crippen LogP) is 1.36. The molecule has 5 heteroatoms. The Morgan fingerprint density at radius 2 is 2.11 bits per heavy atom. The highest BCUT2D eigenvalue weighted by molar-refractivity contribution is 5.85. The Morgan fingerprint density at radius 3 is 2.72 bits per heavy atom. The molecule has 1 heterocycles. The molecule has 100 valence electrons. The van der Waals surface area contributed by atoms with E-state index < -0.39 is 6.04 Å². The van der Waals surface area contributed by atoms with Gasteiger partial charge in [0.05, 0.1) is 19.2 Å². The molecule has 1 unspecified atom stereocenters. The number of rotatable bonds is 2. The minimum absolute atomic E-state index is 0.